The van der Waals surface area contributed by atoms with Gasteiger partial charge in [-0.2, -0.15) is 0 Å². The third-order valence-electron chi connectivity index (χ3n) is 1.19. The quantitative estimate of drug-likeness (QED) is 0.552. The van der Waals surface area contributed by atoms with Crippen LogP contribution in [0.4, 0.5) is 0 Å². The highest BCUT2D eigenvalue weighted by Gasteiger charge is 2.18. The number of hydrogen-bond donors (Lipinski definition) is 1. The first-order valence-corrected chi connectivity index (χ1v) is 2.58. The molecule has 0 heterocycles. The van der Waals surface area contributed by atoms with Crippen LogP contribution in [0.5, 0.6) is 0 Å². The Labute approximate surface area is 46.1 Å². The van der Waals surface area contributed by atoms with E-state index in [4.69, 9.17) is 0 Å². The molecule has 1 heteroatoms. The highest BCUT2D eigenvalue weighted by molar-refractivity contribution is 4.73. The molecule has 0 aromatic heterocycles. The molecule has 1 fully saturated rings. The number of hydrogen-bond acceptors (Lipinski definition) is 1. The van der Waals surface area contributed by atoms with Crippen molar-refractivity contribution in [2.75, 3.05) is 13.6 Å². The lowest BCUT2D eigenvalue weighted by Gasteiger charge is -1.87. The molecule has 0 spiro atoms. The smallest absolute Gasteiger partial charge is 0.00235 e. The van der Waals surface area contributed by atoms with Crippen molar-refractivity contribution in [3.05, 3.63) is 0 Å². The van der Waals surface area contributed by atoms with E-state index in [0.29, 0.717) is 0 Å². The molecule has 0 amide bonds. The zero-order chi connectivity index (χ0) is 4.41. The van der Waals surface area contributed by atoms with Crippen molar-refractivity contribution in [2.45, 2.75) is 20.3 Å². The van der Waals surface area contributed by atoms with Crippen LogP contribution in [0.3, 0.4) is 0 Å². The Kier molecular flexibility index (Phi) is 3.01. The standard InChI is InChI=1S/C5H11N.CH4/c1-6-4-5-2-3-5;/h5-6H,2-4H2,1H3;1H4. The van der Waals surface area contributed by atoms with Crippen LogP contribution >= 0.6 is 0 Å². The minimum Gasteiger partial charge on any atom is -0.319 e. The van der Waals surface area contributed by atoms with E-state index in [1.807, 2.05) is 7.05 Å². The summed E-state index contributed by atoms with van der Waals surface area (Å²) in [4.78, 5) is 0. The second-order valence-electron chi connectivity index (χ2n) is 2.00. The van der Waals surface area contributed by atoms with E-state index in [2.05, 4.69) is 5.32 Å². The van der Waals surface area contributed by atoms with Gasteiger partial charge in [-0.05, 0) is 32.4 Å². The summed E-state index contributed by atoms with van der Waals surface area (Å²) in [6.07, 6.45) is 2.92. The van der Waals surface area contributed by atoms with Gasteiger partial charge in [0.05, 0.1) is 0 Å². The Morgan fingerprint density at radius 2 is 2.14 bits per heavy atom. The molecule has 0 aliphatic heterocycles. The molecule has 7 heavy (non-hydrogen) atoms. The third kappa shape index (κ3) is 2.63. The first kappa shape index (κ1) is 6.96. The van der Waals surface area contributed by atoms with Crippen LogP contribution in [-0.4, -0.2) is 13.6 Å². The number of nitrogens with one attached hydrogen (secondary N) is 1. The van der Waals surface area contributed by atoms with Gasteiger partial charge in [-0.1, -0.05) is 7.43 Å². The molecule has 1 aliphatic carbocycles. The Bertz CT molecular complexity index is 39.4. The topological polar surface area (TPSA) is 12.0 Å². The molecule has 0 bridgehead atoms. The molecule has 0 aromatic rings. The molecule has 0 radical (unpaired) electrons. The van der Waals surface area contributed by atoms with Gasteiger partial charge in [-0.15, -0.1) is 0 Å². The van der Waals surface area contributed by atoms with Gasteiger partial charge < -0.3 is 5.32 Å². The fraction of sp³-hybridized carbons (Fsp3) is 1.00. The molecule has 0 unspecified atom stereocenters. The SMILES string of the molecule is C.CNCC1CC1. The van der Waals surface area contributed by atoms with Crippen LogP contribution in [0.2, 0.25) is 0 Å². The molecule has 1 N–H and O–H groups in total. The normalized spacial score (nSPS) is 18.4. The van der Waals surface area contributed by atoms with Crippen molar-refractivity contribution in [1.82, 2.24) is 5.32 Å². The Morgan fingerprint density at radius 1 is 1.57 bits per heavy atom. The maximum atomic E-state index is 3.13. The average Bonchev–Trinajstić information content (AvgIpc) is 2.21. The maximum absolute atomic E-state index is 3.13. The van der Waals surface area contributed by atoms with Crippen molar-refractivity contribution in [3.8, 4) is 0 Å². The van der Waals surface area contributed by atoms with Crippen molar-refractivity contribution in [3.63, 3.8) is 0 Å². The van der Waals surface area contributed by atoms with E-state index in [-0.39, 0.29) is 7.43 Å². The minimum atomic E-state index is 0. The van der Waals surface area contributed by atoms with E-state index in [9.17, 15) is 0 Å². The van der Waals surface area contributed by atoms with E-state index < -0.39 is 0 Å². The first-order valence-electron chi connectivity index (χ1n) is 2.58. The van der Waals surface area contributed by atoms with Gasteiger partial charge in [0.15, 0.2) is 0 Å². The van der Waals surface area contributed by atoms with Crippen LogP contribution in [-0.2, 0) is 0 Å². The van der Waals surface area contributed by atoms with Crippen LogP contribution in [0.1, 0.15) is 20.3 Å². The molecule has 44 valence electrons. The Hall–Kier alpha value is -0.0400. The lowest BCUT2D eigenvalue weighted by atomic mass is 10.4. The average molecular weight is 101 g/mol. The Balaban J connectivity index is 0.000000360. The molecule has 0 aromatic carbocycles. The Morgan fingerprint density at radius 3 is 2.29 bits per heavy atom. The van der Waals surface area contributed by atoms with Crippen LogP contribution in [0, 0.1) is 5.92 Å². The zero-order valence-electron chi connectivity index (χ0n) is 4.20. The highest BCUT2D eigenvalue weighted by atomic mass is 14.8. The molecule has 1 aliphatic rings. The summed E-state index contributed by atoms with van der Waals surface area (Å²) in [5, 5.41) is 3.13. The van der Waals surface area contributed by atoms with Gasteiger partial charge in [0.25, 0.3) is 0 Å². The summed E-state index contributed by atoms with van der Waals surface area (Å²) < 4.78 is 0. The molecule has 0 saturated heterocycles. The fourth-order valence-corrected chi connectivity index (χ4v) is 0.611. The van der Waals surface area contributed by atoms with Gasteiger partial charge in [0.2, 0.25) is 0 Å². The predicted octanol–water partition coefficient (Wildman–Crippen LogP) is 1.25. The lowest BCUT2D eigenvalue weighted by Crippen LogP contribution is -2.08. The summed E-state index contributed by atoms with van der Waals surface area (Å²) in [7, 11) is 2.01. The van der Waals surface area contributed by atoms with E-state index in [1.165, 1.54) is 19.4 Å². The van der Waals surface area contributed by atoms with E-state index in [0.717, 1.165) is 5.92 Å². The molecular weight excluding hydrogens is 86.1 g/mol. The third-order valence-corrected chi connectivity index (χ3v) is 1.19. The van der Waals surface area contributed by atoms with Crippen molar-refractivity contribution >= 4 is 0 Å². The second-order valence-corrected chi connectivity index (χ2v) is 2.00. The van der Waals surface area contributed by atoms with Crippen molar-refractivity contribution < 1.29 is 0 Å². The summed E-state index contributed by atoms with van der Waals surface area (Å²) in [6.45, 7) is 1.24. The van der Waals surface area contributed by atoms with Crippen molar-refractivity contribution in [1.29, 1.82) is 0 Å². The van der Waals surface area contributed by atoms with E-state index >= 15 is 0 Å². The molecule has 1 nitrogen and oxygen atoms in total. The lowest BCUT2D eigenvalue weighted by molar-refractivity contribution is 0.717. The van der Waals surface area contributed by atoms with Gasteiger partial charge in [-0.3, -0.25) is 0 Å². The van der Waals surface area contributed by atoms with Crippen LogP contribution < -0.4 is 5.32 Å². The van der Waals surface area contributed by atoms with Crippen molar-refractivity contribution in [2.24, 2.45) is 5.92 Å². The molecule has 1 saturated carbocycles. The number of rotatable bonds is 2. The largest absolute Gasteiger partial charge is 0.319 e. The second kappa shape index (κ2) is 3.03. The molecular formula is C6H15N. The molecule has 0 atom stereocenters. The van der Waals surface area contributed by atoms with Gasteiger partial charge in [0, 0.05) is 0 Å². The van der Waals surface area contributed by atoms with Crippen LogP contribution in [0.25, 0.3) is 0 Å². The maximum Gasteiger partial charge on any atom is -0.00235 e. The van der Waals surface area contributed by atoms with Crippen LogP contribution in [0.15, 0.2) is 0 Å². The minimum absolute atomic E-state index is 0. The summed E-state index contributed by atoms with van der Waals surface area (Å²) in [5.74, 6) is 1.04. The molecule has 1 rings (SSSR count). The first-order chi connectivity index (χ1) is 2.93. The predicted molar refractivity (Wildman–Crippen MR) is 33.4 cm³/mol. The summed E-state index contributed by atoms with van der Waals surface area (Å²) in [5.41, 5.74) is 0. The summed E-state index contributed by atoms with van der Waals surface area (Å²) >= 11 is 0. The zero-order valence-corrected chi connectivity index (χ0v) is 4.20. The van der Waals surface area contributed by atoms with Gasteiger partial charge >= 0.3 is 0 Å². The monoisotopic (exact) mass is 101 g/mol. The van der Waals surface area contributed by atoms with Gasteiger partial charge in [0.1, 0.15) is 0 Å². The highest BCUT2D eigenvalue weighted by Crippen LogP contribution is 2.27. The van der Waals surface area contributed by atoms with Gasteiger partial charge in [-0.25, -0.2) is 0 Å². The summed E-state index contributed by atoms with van der Waals surface area (Å²) in [6, 6.07) is 0. The van der Waals surface area contributed by atoms with E-state index in [1.54, 1.807) is 0 Å². The fourth-order valence-electron chi connectivity index (χ4n) is 0.611.